The fourth-order valence-electron chi connectivity index (χ4n) is 2.08. The zero-order valence-electron chi connectivity index (χ0n) is 13.3. The summed E-state index contributed by atoms with van der Waals surface area (Å²) in [6.45, 7) is 4.52. The Morgan fingerprint density at radius 3 is 2.52 bits per heavy atom. The summed E-state index contributed by atoms with van der Waals surface area (Å²) in [6.07, 6.45) is 1.29. The van der Waals surface area contributed by atoms with Crippen LogP contribution in [0.15, 0.2) is 47.5 Å². The highest BCUT2D eigenvalue weighted by Crippen LogP contribution is 2.24. The number of pyridine rings is 1. The summed E-state index contributed by atoms with van der Waals surface area (Å²) >= 11 is 0. The highest BCUT2D eigenvalue weighted by Gasteiger charge is 2.21. The Balaban J connectivity index is 2.08. The van der Waals surface area contributed by atoms with Crippen LogP contribution in [0, 0.1) is 5.82 Å². The first-order chi connectivity index (χ1) is 10.7. The SMILES string of the molecule is CNS(=O)(=O)c1ccc(NCC(C)(C)c2cccc(F)c2)nc1. The molecule has 0 amide bonds. The van der Waals surface area contributed by atoms with Crippen LogP contribution < -0.4 is 10.0 Å². The molecule has 1 aromatic carbocycles. The van der Waals surface area contributed by atoms with Crippen molar-refractivity contribution in [1.29, 1.82) is 0 Å². The quantitative estimate of drug-likeness (QED) is 0.850. The number of nitrogens with zero attached hydrogens (tertiary/aromatic N) is 1. The molecule has 0 saturated carbocycles. The molecule has 0 radical (unpaired) electrons. The number of hydrogen-bond acceptors (Lipinski definition) is 4. The molecule has 0 atom stereocenters. The van der Waals surface area contributed by atoms with Crippen molar-refractivity contribution in [3.05, 3.63) is 54.0 Å². The first kappa shape index (κ1) is 17.4. The molecule has 2 aromatic rings. The van der Waals surface area contributed by atoms with Crippen molar-refractivity contribution in [2.75, 3.05) is 18.9 Å². The molecule has 0 fully saturated rings. The minimum absolute atomic E-state index is 0.106. The molecule has 0 bridgehead atoms. The molecule has 0 unspecified atom stereocenters. The molecule has 7 heteroatoms. The monoisotopic (exact) mass is 337 g/mol. The Bertz CT molecular complexity index is 774. The van der Waals surface area contributed by atoms with Crippen molar-refractivity contribution in [1.82, 2.24) is 9.71 Å². The van der Waals surface area contributed by atoms with Gasteiger partial charge in [-0.2, -0.15) is 0 Å². The molecule has 5 nitrogen and oxygen atoms in total. The van der Waals surface area contributed by atoms with E-state index in [4.69, 9.17) is 0 Å². The number of nitrogens with one attached hydrogen (secondary N) is 2. The third-order valence-corrected chi connectivity index (χ3v) is 5.03. The standard InChI is InChI=1S/C16H20FN3O2S/c1-16(2,12-5-4-6-13(17)9-12)11-20-15-8-7-14(10-19-15)23(21,22)18-3/h4-10,18H,11H2,1-3H3,(H,19,20). The minimum atomic E-state index is -3.49. The molecule has 1 heterocycles. The summed E-state index contributed by atoms with van der Waals surface area (Å²) in [4.78, 5) is 4.21. The zero-order chi connectivity index (χ0) is 17.1. The second kappa shape index (κ2) is 6.64. The van der Waals surface area contributed by atoms with Crippen LogP contribution in [0.5, 0.6) is 0 Å². The predicted molar refractivity (Wildman–Crippen MR) is 88.4 cm³/mol. The molecule has 124 valence electrons. The van der Waals surface area contributed by atoms with Crippen LogP contribution >= 0.6 is 0 Å². The minimum Gasteiger partial charge on any atom is -0.369 e. The molecular weight excluding hydrogens is 317 g/mol. The predicted octanol–water partition coefficient (Wildman–Crippen LogP) is 2.52. The smallest absolute Gasteiger partial charge is 0.241 e. The average Bonchev–Trinajstić information content (AvgIpc) is 2.53. The molecule has 0 saturated heterocycles. The van der Waals surface area contributed by atoms with Gasteiger partial charge >= 0.3 is 0 Å². The fourth-order valence-corrected chi connectivity index (χ4v) is 2.76. The Morgan fingerprint density at radius 1 is 1.22 bits per heavy atom. The molecule has 1 aromatic heterocycles. The van der Waals surface area contributed by atoms with Crippen LogP contribution in [-0.4, -0.2) is 27.0 Å². The van der Waals surface area contributed by atoms with Gasteiger partial charge in [-0.1, -0.05) is 26.0 Å². The number of sulfonamides is 1. The summed E-state index contributed by atoms with van der Waals surface area (Å²) in [6, 6.07) is 9.57. The third-order valence-electron chi connectivity index (χ3n) is 3.63. The molecule has 2 rings (SSSR count). The lowest BCUT2D eigenvalue weighted by Gasteiger charge is -2.26. The average molecular weight is 337 g/mol. The summed E-state index contributed by atoms with van der Waals surface area (Å²) in [7, 11) is -2.14. The number of benzene rings is 1. The van der Waals surface area contributed by atoms with Gasteiger partial charge in [0.15, 0.2) is 0 Å². The molecule has 0 aliphatic carbocycles. The molecule has 0 spiro atoms. The van der Waals surface area contributed by atoms with Crippen LogP contribution in [0.25, 0.3) is 0 Å². The normalized spacial score (nSPS) is 12.2. The van der Waals surface area contributed by atoms with E-state index in [2.05, 4.69) is 15.0 Å². The van der Waals surface area contributed by atoms with E-state index in [9.17, 15) is 12.8 Å². The van der Waals surface area contributed by atoms with Gasteiger partial charge in [-0.3, -0.25) is 0 Å². The second-order valence-electron chi connectivity index (χ2n) is 5.83. The maximum absolute atomic E-state index is 13.4. The maximum atomic E-state index is 13.4. The van der Waals surface area contributed by atoms with Gasteiger partial charge in [0.2, 0.25) is 10.0 Å². The van der Waals surface area contributed by atoms with Crippen molar-refractivity contribution < 1.29 is 12.8 Å². The molecule has 2 N–H and O–H groups in total. The third kappa shape index (κ3) is 4.27. The van der Waals surface area contributed by atoms with Crippen molar-refractivity contribution in [2.45, 2.75) is 24.2 Å². The van der Waals surface area contributed by atoms with Gasteiger partial charge in [0.1, 0.15) is 16.5 Å². The topological polar surface area (TPSA) is 71.1 Å². The lowest BCUT2D eigenvalue weighted by Crippen LogP contribution is -2.28. The summed E-state index contributed by atoms with van der Waals surface area (Å²) in [5.41, 5.74) is 0.568. The van der Waals surface area contributed by atoms with E-state index in [1.165, 1.54) is 31.4 Å². The van der Waals surface area contributed by atoms with E-state index in [-0.39, 0.29) is 16.1 Å². The van der Waals surface area contributed by atoms with E-state index < -0.39 is 10.0 Å². The van der Waals surface area contributed by atoms with Crippen LogP contribution in [0.3, 0.4) is 0 Å². The van der Waals surface area contributed by atoms with Gasteiger partial charge in [-0.05, 0) is 36.9 Å². The van der Waals surface area contributed by atoms with Crippen molar-refractivity contribution >= 4 is 15.8 Å². The maximum Gasteiger partial charge on any atom is 0.241 e. The highest BCUT2D eigenvalue weighted by molar-refractivity contribution is 7.89. The van der Waals surface area contributed by atoms with Gasteiger partial charge in [0.05, 0.1) is 0 Å². The first-order valence-corrected chi connectivity index (χ1v) is 8.62. The summed E-state index contributed by atoms with van der Waals surface area (Å²) in [5.74, 6) is 0.292. The number of halogens is 1. The van der Waals surface area contributed by atoms with Crippen LogP contribution in [0.4, 0.5) is 10.2 Å². The van der Waals surface area contributed by atoms with Gasteiger partial charge in [0.25, 0.3) is 0 Å². The lowest BCUT2D eigenvalue weighted by atomic mass is 9.84. The first-order valence-electron chi connectivity index (χ1n) is 7.14. The van der Waals surface area contributed by atoms with Crippen LogP contribution in [-0.2, 0) is 15.4 Å². The number of hydrogen-bond donors (Lipinski definition) is 2. The van der Waals surface area contributed by atoms with E-state index >= 15 is 0 Å². The van der Waals surface area contributed by atoms with E-state index in [0.29, 0.717) is 12.4 Å². The number of aromatic nitrogens is 1. The van der Waals surface area contributed by atoms with Gasteiger partial charge in [-0.25, -0.2) is 22.5 Å². The van der Waals surface area contributed by atoms with Crippen LogP contribution in [0.2, 0.25) is 0 Å². The number of anilines is 1. The largest absolute Gasteiger partial charge is 0.369 e. The van der Waals surface area contributed by atoms with Crippen molar-refractivity contribution in [3.63, 3.8) is 0 Å². The Labute approximate surface area is 136 Å². The van der Waals surface area contributed by atoms with Gasteiger partial charge < -0.3 is 5.32 Å². The highest BCUT2D eigenvalue weighted by atomic mass is 32.2. The molecule has 0 aliphatic rings. The van der Waals surface area contributed by atoms with E-state index in [1.54, 1.807) is 12.1 Å². The zero-order valence-corrected chi connectivity index (χ0v) is 14.1. The summed E-state index contributed by atoms with van der Waals surface area (Å²) in [5, 5.41) is 3.15. The molecule has 23 heavy (non-hydrogen) atoms. The van der Waals surface area contributed by atoms with E-state index in [1.807, 2.05) is 19.9 Å². The fraction of sp³-hybridized carbons (Fsp3) is 0.312. The van der Waals surface area contributed by atoms with E-state index in [0.717, 1.165) is 5.56 Å². The lowest BCUT2D eigenvalue weighted by molar-refractivity contribution is 0.545. The molecular formula is C16H20FN3O2S. The van der Waals surface area contributed by atoms with Crippen molar-refractivity contribution in [2.24, 2.45) is 0 Å². The summed E-state index contributed by atoms with van der Waals surface area (Å²) < 4.78 is 38.9. The Morgan fingerprint density at radius 2 is 1.96 bits per heavy atom. The van der Waals surface area contributed by atoms with Crippen molar-refractivity contribution in [3.8, 4) is 0 Å². The number of rotatable bonds is 6. The Hall–Kier alpha value is -1.99. The van der Waals surface area contributed by atoms with Crippen LogP contribution in [0.1, 0.15) is 19.4 Å². The van der Waals surface area contributed by atoms with Gasteiger partial charge in [0, 0.05) is 18.2 Å². The molecule has 0 aliphatic heterocycles. The Kier molecular flexibility index (Phi) is 5.01. The van der Waals surface area contributed by atoms with Gasteiger partial charge in [-0.15, -0.1) is 0 Å². The second-order valence-corrected chi connectivity index (χ2v) is 7.72.